The van der Waals surface area contributed by atoms with Gasteiger partial charge in [0, 0.05) is 12.3 Å². The zero-order chi connectivity index (χ0) is 21.3. The van der Waals surface area contributed by atoms with Crippen LogP contribution in [0.15, 0.2) is 48.5 Å². The molecule has 29 heavy (non-hydrogen) atoms. The van der Waals surface area contributed by atoms with Gasteiger partial charge < -0.3 is 5.32 Å². The van der Waals surface area contributed by atoms with Gasteiger partial charge in [0.05, 0.1) is 11.9 Å². The predicted molar refractivity (Wildman–Crippen MR) is 123 cm³/mol. The Hall–Kier alpha value is -1.99. The van der Waals surface area contributed by atoms with Crippen molar-refractivity contribution < 1.29 is 13.2 Å². The summed E-state index contributed by atoms with van der Waals surface area (Å²) >= 11 is 1.83. The van der Waals surface area contributed by atoms with Crippen molar-refractivity contribution in [1.29, 1.82) is 0 Å². The molecule has 0 saturated heterocycles. The van der Waals surface area contributed by atoms with E-state index in [1.54, 1.807) is 12.1 Å². The number of hydrogen-bond acceptors (Lipinski definition) is 4. The highest BCUT2D eigenvalue weighted by atomic mass is 32.2. The lowest BCUT2D eigenvalue weighted by Gasteiger charge is -2.22. The Labute approximate surface area is 178 Å². The van der Waals surface area contributed by atoms with Crippen molar-refractivity contribution >= 4 is 33.4 Å². The van der Waals surface area contributed by atoms with Crippen molar-refractivity contribution in [2.75, 3.05) is 29.4 Å². The number of nitrogens with one attached hydrogen (secondary N) is 1. The van der Waals surface area contributed by atoms with Gasteiger partial charge in [0.2, 0.25) is 15.9 Å². The Balaban J connectivity index is 1.77. The number of thioether (sulfide) groups is 1. The van der Waals surface area contributed by atoms with Crippen LogP contribution in [-0.4, -0.2) is 39.4 Å². The predicted octanol–water partition coefficient (Wildman–Crippen LogP) is 3.76. The first-order chi connectivity index (χ1) is 13.8. The van der Waals surface area contributed by atoms with E-state index < -0.39 is 10.0 Å². The van der Waals surface area contributed by atoms with Crippen molar-refractivity contribution in [2.45, 2.75) is 32.4 Å². The molecule has 0 radical (unpaired) electrons. The summed E-state index contributed by atoms with van der Waals surface area (Å²) in [7, 11) is -3.54. The lowest BCUT2D eigenvalue weighted by Crippen LogP contribution is -2.40. The zero-order valence-corrected chi connectivity index (χ0v) is 19.0. The molecule has 1 amide bonds. The maximum absolute atomic E-state index is 12.3. The van der Waals surface area contributed by atoms with E-state index in [0.717, 1.165) is 40.5 Å². The first-order valence-electron chi connectivity index (χ1n) is 9.77. The Morgan fingerprint density at radius 3 is 2.41 bits per heavy atom. The topological polar surface area (TPSA) is 66.5 Å². The molecule has 2 aromatic carbocycles. The first-order valence-corrected chi connectivity index (χ1v) is 12.8. The van der Waals surface area contributed by atoms with E-state index in [1.165, 1.54) is 11.1 Å². The molecule has 158 valence electrons. The van der Waals surface area contributed by atoms with E-state index in [4.69, 9.17) is 0 Å². The Kier molecular flexibility index (Phi) is 9.04. The summed E-state index contributed by atoms with van der Waals surface area (Å²) in [5.74, 6) is 1.60. The van der Waals surface area contributed by atoms with Gasteiger partial charge in [-0.25, -0.2) is 8.42 Å². The van der Waals surface area contributed by atoms with Crippen LogP contribution in [0.4, 0.5) is 5.69 Å². The number of amides is 1. The number of carbonyl (C=O) groups excluding carboxylic acids is 1. The van der Waals surface area contributed by atoms with E-state index in [-0.39, 0.29) is 12.5 Å². The fourth-order valence-electron chi connectivity index (χ4n) is 2.84. The molecule has 0 bridgehead atoms. The van der Waals surface area contributed by atoms with Crippen LogP contribution in [0, 0.1) is 6.92 Å². The summed E-state index contributed by atoms with van der Waals surface area (Å²) in [5, 5.41) is 2.83. The number of benzene rings is 2. The highest BCUT2D eigenvalue weighted by Gasteiger charge is 2.20. The highest BCUT2D eigenvalue weighted by molar-refractivity contribution is 7.98. The minimum atomic E-state index is -3.54. The van der Waals surface area contributed by atoms with E-state index in [9.17, 15) is 13.2 Å². The monoisotopic (exact) mass is 434 g/mol. The van der Waals surface area contributed by atoms with Gasteiger partial charge in [-0.2, -0.15) is 11.8 Å². The molecule has 0 aliphatic rings. The van der Waals surface area contributed by atoms with Crippen LogP contribution in [0.1, 0.15) is 30.0 Å². The van der Waals surface area contributed by atoms with E-state index in [2.05, 4.69) is 24.4 Å². The van der Waals surface area contributed by atoms with Crippen LogP contribution >= 0.6 is 11.8 Å². The first kappa shape index (κ1) is 23.3. The molecule has 2 rings (SSSR count). The molecular weight excluding hydrogens is 404 g/mol. The number of aryl methyl sites for hydroxylation is 2. The average Bonchev–Trinajstić information content (AvgIpc) is 2.69. The van der Waals surface area contributed by atoms with Crippen molar-refractivity contribution in [2.24, 2.45) is 0 Å². The lowest BCUT2D eigenvalue weighted by molar-refractivity contribution is -0.119. The molecule has 0 fully saturated rings. The number of rotatable bonds is 11. The summed E-state index contributed by atoms with van der Waals surface area (Å²) in [6, 6.07) is 15.6. The van der Waals surface area contributed by atoms with E-state index in [0.29, 0.717) is 12.2 Å². The molecule has 0 spiro atoms. The minimum absolute atomic E-state index is 0.208. The van der Waals surface area contributed by atoms with Gasteiger partial charge in [-0.05, 0) is 54.3 Å². The molecule has 0 aliphatic heterocycles. The Bertz CT molecular complexity index is 897. The summed E-state index contributed by atoms with van der Waals surface area (Å²) in [5.41, 5.74) is 4.25. The van der Waals surface area contributed by atoms with Crippen molar-refractivity contribution in [3.05, 3.63) is 65.2 Å². The van der Waals surface area contributed by atoms with Crippen molar-refractivity contribution in [1.82, 2.24) is 5.32 Å². The third-order valence-corrected chi connectivity index (χ3v) is 6.86. The summed E-state index contributed by atoms with van der Waals surface area (Å²) < 4.78 is 25.4. The molecule has 0 aliphatic carbocycles. The number of anilines is 1. The number of nitrogens with zero attached hydrogens (tertiary/aromatic N) is 1. The van der Waals surface area contributed by atoms with Gasteiger partial charge >= 0.3 is 0 Å². The van der Waals surface area contributed by atoms with Crippen LogP contribution < -0.4 is 9.62 Å². The second-order valence-electron chi connectivity index (χ2n) is 6.97. The highest BCUT2D eigenvalue weighted by Crippen LogP contribution is 2.19. The molecule has 0 aromatic heterocycles. The maximum atomic E-state index is 12.3. The normalized spacial score (nSPS) is 11.3. The minimum Gasteiger partial charge on any atom is -0.354 e. The Morgan fingerprint density at radius 1 is 1.10 bits per heavy atom. The van der Waals surface area contributed by atoms with Crippen LogP contribution in [0.2, 0.25) is 0 Å². The Morgan fingerprint density at radius 2 is 1.79 bits per heavy atom. The zero-order valence-electron chi connectivity index (χ0n) is 17.3. The standard InChI is InChI=1S/C22H30N2O3S2/c1-4-19-10-12-21(13-11-19)24(29(3,26)27)16-22(25)23-14-7-15-28-17-20-9-6-5-8-18(20)2/h5-6,8-13H,4,7,14-17H2,1-3H3,(H,23,25). The molecule has 0 atom stereocenters. The second kappa shape index (κ2) is 11.3. The SMILES string of the molecule is CCc1ccc(N(CC(=O)NCCCSCc2ccccc2C)S(C)(=O)=O)cc1. The van der Waals surface area contributed by atoms with Gasteiger partial charge in [0.25, 0.3) is 0 Å². The van der Waals surface area contributed by atoms with Gasteiger partial charge in [-0.3, -0.25) is 9.10 Å². The van der Waals surface area contributed by atoms with Crippen LogP contribution in [-0.2, 0) is 27.0 Å². The molecule has 0 unspecified atom stereocenters. The average molecular weight is 435 g/mol. The summed E-state index contributed by atoms with van der Waals surface area (Å²) in [6.45, 7) is 4.47. The molecular formula is C22H30N2O3S2. The molecule has 7 heteroatoms. The number of carbonyl (C=O) groups is 1. The van der Waals surface area contributed by atoms with Crippen molar-refractivity contribution in [3.63, 3.8) is 0 Å². The van der Waals surface area contributed by atoms with E-state index >= 15 is 0 Å². The van der Waals surface area contributed by atoms with Crippen molar-refractivity contribution in [3.8, 4) is 0 Å². The maximum Gasteiger partial charge on any atom is 0.240 e. The third-order valence-electron chi connectivity index (χ3n) is 4.63. The fourth-order valence-corrected chi connectivity index (χ4v) is 4.73. The quantitative estimate of drug-likeness (QED) is 0.547. The van der Waals surface area contributed by atoms with Gasteiger partial charge in [-0.1, -0.05) is 43.3 Å². The van der Waals surface area contributed by atoms with Gasteiger partial charge in [0.1, 0.15) is 6.54 Å². The third kappa shape index (κ3) is 7.74. The molecule has 1 N–H and O–H groups in total. The molecule has 0 heterocycles. The summed E-state index contributed by atoms with van der Waals surface area (Å²) in [4.78, 5) is 12.3. The fraction of sp³-hybridized carbons (Fsp3) is 0.409. The number of hydrogen-bond donors (Lipinski definition) is 1. The molecule has 0 saturated carbocycles. The molecule has 2 aromatic rings. The van der Waals surface area contributed by atoms with Crippen LogP contribution in [0.5, 0.6) is 0 Å². The lowest BCUT2D eigenvalue weighted by atomic mass is 10.1. The van der Waals surface area contributed by atoms with E-state index in [1.807, 2.05) is 43.0 Å². The smallest absolute Gasteiger partial charge is 0.240 e. The number of sulfonamides is 1. The van der Waals surface area contributed by atoms with Crippen LogP contribution in [0.25, 0.3) is 0 Å². The summed E-state index contributed by atoms with van der Waals surface area (Å²) in [6.07, 6.45) is 2.84. The molecule has 5 nitrogen and oxygen atoms in total. The largest absolute Gasteiger partial charge is 0.354 e. The van der Waals surface area contributed by atoms with Crippen LogP contribution in [0.3, 0.4) is 0 Å². The van der Waals surface area contributed by atoms with Gasteiger partial charge in [0.15, 0.2) is 0 Å². The van der Waals surface area contributed by atoms with Gasteiger partial charge in [-0.15, -0.1) is 0 Å². The second-order valence-corrected chi connectivity index (χ2v) is 9.98.